The second kappa shape index (κ2) is 8.19. The Balaban J connectivity index is 1.89. The molecule has 0 aliphatic heterocycles. The highest BCUT2D eigenvalue weighted by molar-refractivity contribution is 8.09. The van der Waals surface area contributed by atoms with Crippen molar-refractivity contribution >= 4 is 30.4 Å². The largest absolute Gasteiger partial charge is 0.499 e. The lowest BCUT2D eigenvalue weighted by Crippen LogP contribution is -2.61. The van der Waals surface area contributed by atoms with Crippen LogP contribution >= 0.6 is 0 Å². The van der Waals surface area contributed by atoms with Gasteiger partial charge in [-0.3, -0.25) is 0 Å². The lowest BCUT2D eigenvalue weighted by molar-refractivity contribution is -0.0624. The third kappa shape index (κ3) is 3.66. The molecule has 4 saturated carbocycles. The van der Waals surface area contributed by atoms with Crippen LogP contribution in [0, 0.1) is 52.6 Å². The summed E-state index contributed by atoms with van der Waals surface area (Å²) in [4.78, 5) is 0. The van der Waals surface area contributed by atoms with Crippen LogP contribution in [0.3, 0.4) is 0 Å². The van der Waals surface area contributed by atoms with E-state index >= 15 is 13.2 Å². The van der Waals surface area contributed by atoms with Crippen LogP contribution in [-0.4, -0.2) is 32.8 Å². The summed E-state index contributed by atoms with van der Waals surface area (Å²) in [6.45, 7) is 0. The second-order valence-electron chi connectivity index (χ2n) is 10.5. The molecule has 0 aromatic heterocycles. The van der Waals surface area contributed by atoms with E-state index in [1.165, 1.54) is 0 Å². The Morgan fingerprint density at radius 2 is 1.10 bits per heavy atom. The quantitative estimate of drug-likeness (QED) is 0.233. The van der Waals surface area contributed by atoms with Gasteiger partial charge >= 0.3 is 5.51 Å². The molecule has 2 aromatic rings. The van der Waals surface area contributed by atoms with Crippen LogP contribution in [0.4, 0.5) is 48.3 Å². The number of hydrogen-bond acceptors (Lipinski definition) is 4. The molecule has 2 aromatic carbocycles. The Morgan fingerprint density at radius 3 is 1.54 bits per heavy atom. The Kier molecular flexibility index (Phi) is 5.96. The van der Waals surface area contributed by atoms with Crippen molar-refractivity contribution in [2.24, 2.45) is 11.8 Å². The second-order valence-corrected chi connectivity index (χ2v) is 15.3. The lowest BCUT2D eigenvalue weighted by Gasteiger charge is -2.58. The average Bonchev–Trinajstić information content (AvgIpc) is 2.78. The van der Waals surface area contributed by atoms with Crippen molar-refractivity contribution in [2.45, 2.75) is 59.0 Å². The minimum Gasteiger partial charge on any atom is -0.244 e. The zero-order valence-corrected chi connectivity index (χ0v) is 20.7. The van der Waals surface area contributed by atoms with Crippen LogP contribution in [0.1, 0.15) is 48.7 Å². The standard InChI is InChI=1S/C22H15F11O4S2/c23-12-9-10(15(26)18(29)17(28)14(9)25)13(24)16(27)11(12)19(39(36,37)22(31,32)33)38(34,35)21-4-7-1-8(5-21)3-20(30,2-7)6-21/h7-8,19H,1-6H2. The van der Waals surface area contributed by atoms with Gasteiger partial charge in [-0.15, -0.1) is 0 Å². The summed E-state index contributed by atoms with van der Waals surface area (Å²) in [6.07, 6.45) is -2.32. The smallest absolute Gasteiger partial charge is 0.244 e. The summed E-state index contributed by atoms with van der Waals surface area (Å²) < 4.78 is 205. The van der Waals surface area contributed by atoms with Gasteiger partial charge in [0.05, 0.1) is 21.1 Å². The van der Waals surface area contributed by atoms with Gasteiger partial charge in [-0.2, -0.15) is 13.2 Å². The molecule has 3 atom stereocenters. The maximum atomic E-state index is 15.5. The third-order valence-electron chi connectivity index (χ3n) is 8.03. The summed E-state index contributed by atoms with van der Waals surface area (Å²) in [7, 11) is -13.4. The van der Waals surface area contributed by atoms with Crippen LogP contribution < -0.4 is 0 Å². The summed E-state index contributed by atoms with van der Waals surface area (Å²) in [6, 6.07) is 0. The summed E-state index contributed by atoms with van der Waals surface area (Å²) in [5.74, 6) is -21.4. The fraction of sp³-hybridized carbons (Fsp3) is 0.545. The molecule has 216 valence electrons. The van der Waals surface area contributed by atoms with Crippen molar-refractivity contribution < 1.29 is 65.1 Å². The van der Waals surface area contributed by atoms with Crippen molar-refractivity contribution in [3.8, 4) is 0 Å². The van der Waals surface area contributed by atoms with Gasteiger partial charge in [0.1, 0.15) is 11.5 Å². The molecule has 4 aliphatic rings. The number of alkyl halides is 4. The van der Waals surface area contributed by atoms with E-state index in [9.17, 15) is 52.0 Å². The molecule has 0 heterocycles. The molecule has 39 heavy (non-hydrogen) atoms. The zero-order chi connectivity index (χ0) is 29.2. The van der Waals surface area contributed by atoms with Crippen molar-refractivity contribution in [1.82, 2.24) is 0 Å². The number of halogens is 11. The zero-order valence-electron chi connectivity index (χ0n) is 19.1. The molecule has 4 fully saturated rings. The average molecular weight is 616 g/mol. The van der Waals surface area contributed by atoms with Gasteiger partial charge in [0.15, 0.2) is 44.7 Å². The van der Waals surface area contributed by atoms with E-state index in [-0.39, 0.29) is 19.3 Å². The molecule has 4 nitrogen and oxygen atoms in total. The molecule has 17 heteroatoms. The molecule has 3 unspecified atom stereocenters. The monoisotopic (exact) mass is 616 g/mol. The van der Waals surface area contributed by atoms with Gasteiger partial charge in [0.25, 0.3) is 9.84 Å². The van der Waals surface area contributed by atoms with Gasteiger partial charge < -0.3 is 0 Å². The van der Waals surface area contributed by atoms with E-state index < -0.39 is 128 Å². The first kappa shape index (κ1) is 28.4. The lowest BCUT2D eigenvalue weighted by atomic mass is 9.54. The van der Waals surface area contributed by atoms with Crippen LogP contribution in [0.15, 0.2) is 0 Å². The highest BCUT2D eigenvalue weighted by Crippen LogP contribution is 2.64. The molecular formula is C22H15F11O4S2. The van der Waals surface area contributed by atoms with E-state index in [1.54, 1.807) is 0 Å². The molecule has 0 spiro atoms. The molecule has 4 bridgehead atoms. The molecular weight excluding hydrogens is 601 g/mol. The number of benzene rings is 2. The fourth-order valence-electron chi connectivity index (χ4n) is 6.94. The molecule has 0 N–H and O–H groups in total. The minimum atomic E-state index is -7.28. The van der Waals surface area contributed by atoms with Crippen molar-refractivity contribution in [1.29, 1.82) is 0 Å². The summed E-state index contributed by atoms with van der Waals surface area (Å²) in [5, 5.41) is -4.63. The number of fused-ring (bicyclic) bond motifs is 1. The highest BCUT2D eigenvalue weighted by atomic mass is 32.3. The first-order valence-electron chi connectivity index (χ1n) is 11.2. The maximum Gasteiger partial charge on any atom is 0.499 e. The first-order valence-corrected chi connectivity index (χ1v) is 14.3. The predicted molar refractivity (Wildman–Crippen MR) is 112 cm³/mol. The van der Waals surface area contributed by atoms with E-state index in [1.807, 2.05) is 0 Å². The maximum absolute atomic E-state index is 15.5. The Labute approximate surface area is 213 Å². The Morgan fingerprint density at radius 1 is 0.667 bits per heavy atom. The van der Waals surface area contributed by atoms with Crippen LogP contribution in [0.25, 0.3) is 10.8 Å². The number of sulfone groups is 2. The normalized spacial score (nSPS) is 29.8. The third-order valence-corrected chi connectivity index (χ3v) is 13.5. The number of rotatable bonds is 4. The van der Waals surface area contributed by atoms with Crippen molar-refractivity contribution in [2.75, 3.05) is 0 Å². The molecule has 6 rings (SSSR count). The van der Waals surface area contributed by atoms with Crippen molar-refractivity contribution in [3.05, 3.63) is 46.3 Å². The van der Waals surface area contributed by atoms with E-state index in [4.69, 9.17) is 0 Å². The Bertz CT molecular complexity index is 1640. The van der Waals surface area contributed by atoms with E-state index in [0.29, 0.717) is 0 Å². The van der Waals surface area contributed by atoms with Crippen LogP contribution in [0.2, 0.25) is 0 Å². The van der Waals surface area contributed by atoms with Crippen molar-refractivity contribution in [3.63, 3.8) is 0 Å². The topological polar surface area (TPSA) is 68.3 Å². The van der Waals surface area contributed by atoms with Crippen LogP contribution in [0.5, 0.6) is 0 Å². The van der Waals surface area contributed by atoms with E-state index in [0.717, 1.165) is 0 Å². The first-order chi connectivity index (χ1) is 17.7. The van der Waals surface area contributed by atoms with Gasteiger partial charge in [-0.25, -0.2) is 52.0 Å². The SMILES string of the molecule is O=S(=O)(C(c1c(F)c(F)c2c(F)c(F)c(F)c(F)c2c1F)S(=O)(=O)C12CC3CC(CC(F)(C3)C1)C2)C(F)(F)F. The van der Waals surface area contributed by atoms with Gasteiger partial charge in [0, 0.05) is 6.42 Å². The number of hydrogen-bond donors (Lipinski definition) is 0. The molecule has 0 saturated heterocycles. The van der Waals surface area contributed by atoms with Gasteiger partial charge in [0.2, 0.25) is 4.58 Å². The molecule has 0 amide bonds. The minimum absolute atomic E-state index is 0.194. The Hall–Kier alpha value is -2.17. The van der Waals surface area contributed by atoms with E-state index in [2.05, 4.69) is 0 Å². The summed E-state index contributed by atoms with van der Waals surface area (Å²) in [5.41, 5.74) is -11.6. The van der Waals surface area contributed by atoms with Crippen LogP contribution in [-0.2, 0) is 19.7 Å². The molecule has 4 aliphatic carbocycles. The van der Waals surface area contributed by atoms with Gasteiger partial charge in [-0.05, 0) is 43.9 Å². The molecule has 0 radical (unpaired) electrons. The highest BCUT2D eigenvalue weighted by Gasteiger charge is 2.69. The fourth-order valence-corrected chi connectivity index (χ4v) is 12.3. The summed E-state index contributed by atoms with van der Waals surface area (Å²) >= 11 is 0. The van der Waals surface area contributed by atoms with Gasteiger partial charge in [-0.1, -0.05) is 0 Å². The predicted octanol–water partition coefficient (Wildman–Crippen LogP) is 6.22.